The van der Waals surface area contributed by atoms with Crippen molar-refractivity contribution >= 4 is 23.9 Å². The van der Waals surface area contributed by atoms with Crippen LogP contribution in [0.3, 0.4) is 0 Å². The van der Waals surface area contributed by atoms with Crippen LogP contribution in [0.25, 0.3) is 0 Å². The lowest BCUT2D eigenvalue weighted by atomic mass is 10.1. The minimum atomic E-state index is -0.495. The Labute approximate surface area is 146 Å². The average Bonchev–Trinajstić information content (AvgIpc) is 2.96. The number of aromatic nitrogens is 1. The molecule has 0 aliphatic carbocycles. The molecule has 1 N–H and O–H groups in total. The minimum Gasteiger partial charge on any atom is -0.492 e. The van der Waals surface area contributed by atoms with Crippen LogP contribution in [0.4, 0.5) is 4.79 Å². The summed E-state index contributed by atoms with van der Waals surface area (Å²) in [6, 6.07) is 1.65. The highest BCUT2D eigenvalue weighted by Crippen LogP contribution is 2.22. The number of hydrogen-bond donors (Lipinski definition) is 1. The molecule has 7 nitrogen and oxygen atoms in total. The number of carbonyl (C=O) groups is 1. The van der Waals surface area contributed by atoms with Gasteiger partial charge in [0.2, 0.25) is 0 Å². The Kier molecular flexibility index (Phi) is 5.88. The number of carbonyl (C=O) groups excluding carboxylic acids is 1. The Morgan fingerprint density at radius 1 is 1.58 bits per heavy atom. The standard InChI is InChI=1S/C16H22ClN3O4/c1-16(2,3)24-15(21)20-5-4-11(9-20)10-23-13-6-12(7-19-22)14(17)18-8-13/h6-8,11,22H,4-5,9-10H2,1-3H3/t11-/m1/s1. The van der Waals surface area contributed by atoms with E-state index in [1.54, 1.807) is 11.0 Å². The largest absolute Gasteiger partial charge is 0.492 e. The molecular formula is C16H22ClN3O4. The van der Waals surface area contributed by atoms with Crippen molar-refractivity contribution in [2.45, 2.75) is 32.8 Å². The molecule has 1 aromatic heterocycles. The molecule has 0 radical (unpaired) electrons. The summed E-state index contributed by atoms with van der Waals surface area (Å²) >= 11 is 5.88. The number of rotatable bonds is 4. The molecule has 0 aromatic carbocycles. The van der Waals surface area contributed by atoms with E-state index >= 15 is 0 Å². The van der Waals surface area contributed by atoms with Crippen LogP contribution in [0.5, 0.6) is 5.75 Å². The third-order valence-corrected chi connectivity index (χ3v) is 3.78. The van der Waals surface area contributed by atoms with Crippen molar-refractivity contribution in [2.24, 2.45) is 11.1 Å². The van der Waals surface area contributed by atoms with Gasteiger partial charge in [-0.25, -0.2) is 9.78 Å². The molecule has 0 spiro atoms. The Balaban J connectivity index is 1.86. The molecule has 1 aliphatic heterocycles. The van der Waals surface area contributed by atoms with Gasteiger partial charge in [0.05, 0.1) is 19.0 Å². The average molecular weight is 356 g/mol. The lowest BCUT2D eigenvalue weighted by molar-refractivity contribution is 0.0285. The lowest BCUT2D eigenvalue weighted by Gasteiger charge is -2.24. The van der Waals surface area contributed by atoms with Gasteiger partial charge in [-0.3, -0.25) is 0 Å². The van der Waals surface area contributed by atoms with Gasteiger partial charge >= 0.3 is 6.09 Å². The first-order valence-corrected chi connectivity index (χ1v) is 8.10. The summed E-state index contributed by atoms with van der Waals surface area (Å²) < 4.78 is 11.1. The van der Waals surface area contributed by atoms with E-state index < -0.39 is 5.60 Å². The second kappa shape index (κ2) is 7.70. The third-order valence-electron chi connectivity index (χ3n) is 3.46. The van der Waals surface area contributed by atoms with Crippen LogP contribution in [0, 0.1) is 5.92 Å². The van der Waals surface area contributed by atoms with E-state index in [4.69, 9.17) is 26.3 Å². The van der Waals surface area contributed by atoms with Crippen LogP contribution in [-0.4, -0.2) is 52.7 Å². The van der Waals surface area contributed by atoms with E-state index in [2.05, 4.69) is 10.1 Å². The maximum absolute atomic E-state index is 12.0. The molecule has 24 heavy (non-hydrogen) atoms. The van der Waals surface area contributed by atoms with E-state index in [9.17, 15) is 4.79 Å². The molecule has 1 aromatic rings. The summed E-state index contributed by atoms with van der Waals surface area (Å²) in [6.07, 6.45) is 3.27. The zero-order valence-corrected chi connectivity index (χ0v) is 14.8. The van der Waals surface area contributed by atoms with Crippen LogP contribution in [0.15, 0.2) is 17.4 Å². The molecule has 2 heterocycles. The number of halogens is 1. The zero-order chi connectivity index (χ0) is 17.7. The van der Waals surface area contributed by atoms with Crippen LogP contribution >= 0.6 is 11.6 Å². The minimum absolute atomic E-state index is 0.225. The number of pyridine rings is 1. The van der Waals surface area contributed by atoms with E-state index in [-0.39, 0.29) is 17.2 Å². The number of hydrogen-bond acceptors (Lipinski definition) is 6. The number of likely N-dealkylation sites (tertiary alicyclic amines) is 1. The number of amides is 1. The SMILES string of the molecule is CC(C)(C)OC(=O)N1CC[C@@H](COc2cnc(Cl)c(C=NO)c2)C1. The first-order valence-electron chi connectivity index (χ1n) is 7.72. The fourth-order valence-corrected chi connectivity index (χ4v) is 2.50. The molecule has 1 saturated heterocycles. The summed E-state index contributed by atoms with van der Waals surface area (Å²) in [6.45, 7) is 7.26. The number of ether oxygens (including phenoxy) is 2. The van der Waals surface area contributed by atoms with Gasteiger partial charge in [-0.05, 0) is 33.3 Å². The molecule has 2 rings (SSSR count). The summed E-state index contributed by atoms with van der Waals surface area (Å²) in [4.78, 5) is 17.7. The van der Waals surface area contributed by atoms with E-state index in [1.165, 1.54) is 12.4 Å². The molecule has 0 saturated carbocycles. The molecule has 132 valence electrons. The van der Waals surface area contributed by atoms with Crippen molar-refractivity contribution in [3.63, 3.8) is 0 Å². The van der Waals surface area contributed by atoms with Gasteiger partial charge in [0, 0.05) is 24.6 Å². The Hall–Kier alpha value is -2.02. The summed E-state index contributed by atoms with van der Waals surface area (Å²) in [5.41, 5.74) is -0.0239. The second-order valence-corrected chi connectivity index (χ2v) is 7.05. The topological polar surface area (TPSA) is 84.2 Å². The van der Waals surface area contributed by atoms with Gasteiger partial charge < -0.3 is 19.6 Å². The van der Waals surface area contributed by atoms with E-state index in [0.29, 0.717) is 31.0 Å². The number of oxime groups is 1. The highest BCUT2D eigenvalue weighted by Gasteiger charge is 2.30. The summed E-state index contributed by atoms with van der Waals surface area (Å²) in [5, 5.41) is 11.8. The fraction of sp³-hybridized carbons (Fsp3) is 0.562. The molecule has 0 unspecified atom stereocenters. The van der Waals surface area contributed by atoms with E-state index in [0.717, 1.165) is 6.42 Å². The highest BCUT2D eigenvalue weighted by atomic mass is 35.5. The van der Waals surface area contributed by atoms with Crippen molar-refractivity contribution in [1.29, 1.82) is 0 Å². The molecule has 1 fully saturated rings. The molecular weight excluding hydrogens is 334 g/mol. The Morgan fingerprint density at radius 2 is 2.33 bits per heavy atom. The predicted molar refractivity (Wildman–Crippen MR) is 90.0 cm³/mol. The second-order valence-electron chi connectivity index (χ2n) is 6.69. The van der Waals surface area contributed by atoms with Crippen LogP contribution in [0.1, 0.15) is 32.8 Å². The zero-order valence-electron chi connectivity index (χ0n) is 14.0. The molecule has 8 heteroatoms. The predicted octanol–water partition coefficient (Wildman–Crippen LogP) is 3.18. The smallest absolute Gasteiger partial charge is 0.410 e. The van der Waals surface area contributed by atoms with Gasteiger partial charge in [0.1, 0.15) is 16.5 Å². The van der Waals surface area contributed by atoms with Crippen molar-refractivity contribution in [1.82, 2.24) is 9.88 Å². The third kappa shape index (κ3) is 5.26. The van der Waals surface area contributed by atoms with Crippen molar-refractivity contribution in [3.8, 4) is 5.75 Å². The number of nitrogens with zero attached hydrogens (tertiary/aromatic N) is 3. The summed E-state index contributed by atoms with van der Waals surface area (Å²) in [7, 11) is 0. The molecule has 0 bridgehead atoms. The van der Waals surface area contributed by atoms with Gasteiger partial charge in [-0.2, -0.15) is 0 Å². The van der Waals surface area contributed by atoms with Crippen LogP contribution in [-0.2, 0) is 4.74 Å². The van der Waals surface area contributed by atoms with Gasteiger partial charge in [-0.1, -0.05) is 16.8 Å². The van der Waals surface area contributed by atoms with Crippen molar-refractivity contribution < 1.29 is 19.5 Å². The van der Waals surface area contributed by atoms with E-state index in [1.807, 2.05) is 20.8 Å². The highest BCUT2D eigenvalue weighted by molar-refractivity contribution is 6.31. The van der Waals surface area contributed by atoms with Gasteiger partial charge in [-0.15, -0.1) is 0 Å². The fourth-order valence-electron chi connectivity index (χ4n) is 2.35. The maximum Gasteiger partial charge on any atom is 0.410 e. The maximum atomic E-state index is 12.0. The Morgan fingerprint density at radius 3 is 3.00 bits per heavy atom. The quantitative estimate of drug-likeness (QED) is 0.388. The first-order chi connectivity index (χ1) is 11.3. The monoisotopic (exact) mass is 355 g/mol. The molecule has 1 aliphatic rings. The normalized spacial score (nSPS) is 18.2. The van der Waals surface area contributed by atoms with Crippen LogP contribution in [0.2, 0.25) is 5.15 Å². The van der Waals surface area contributed by atoms with Gasteiger partial charge in [0.25, 0.3) is 0 Å². The molecule has 1 atom stereocenters. The summed E-state index contributed by atoms with van der Waals surface area (Å²) in [5.74, 6) is 0.758. The van der Waals surface area contributed by atoms with Crippen molar-refractivity contribution in [3.05, 3.63) is 23.0 Å². The molecule has 1 amide bonds. The first kappa shape index (κ1) is 18.3. The van der Waals surface area contributed by atoms with Crippen molar-refractivity contribution in [2.75, 3.05) is 19.7 Å². The van der Waals surface area contributed by atoms with Crippen LogP contribution < -0.4 is 4.74 Å². The Bertz CT molecular complexity index is 616. The lowest BCUT2D eigenvalue weighted by Crippen LogP contribution is -2.35. The van der Waals surface area contributed by atoms with Gasteiger partial charge in [0.15, 0.2) is 0 Å².